The summed E-state index contributed by atoms with van der Waals surface area (Å²) in [6.07, 6.45) is 0.893. The summed E-state index contributed by atoms with van der Waals surface area (Å²) in [5.41, 5.74) is 7.54. The summed E-state index contributed by atoms with van der Waals surface area (Å²) in [6.45, 7) is 3.39. The molecule has 1 aromatic rings. The van der Waals surface area contributed by atoms with Gasteiger partial charge in [0.25, 0.3) is 0 Å². The summed E-state index contributed by atoms with van der Waals surface area (Å²) in [4.78, 5) is 0. The third kappa shape index (κ3) is 3.66. The van der Waals surface area contributed by atoms with Gasteiger partial charge in [0, 0.05) is 31.9 Å². The molecule has 0 spiro atoms. The zero-order chi connectivity index (χ0) is 10.4. The monoisotopic (exact) mass is 195 g/mol. The first-order valence-electron chi connectivity index (χ1n) is 4.71. The van der Waals surface area contributed by atoms with Crippen LogP contribution in [0.5, 0.6) is 5.75 Å². The molecule has 0 heterocycles. The van der Waals surface area contributed by atoms with Gasteiger partial charge in [0.2, 0.25) is 0 Å². The summed E-state index contributed by atoms with van der Waals surface area (Å²) in [7, 11) is 1.69. The van der Waals surface area contributed by atoms with E-state index in [2.05, 4.69) is 0 Å². The summed E-state index contributed by atoms with van der Waals surface area (Å²) in [6, 6.07) is 5.73. The maximum absolute atomic E-state index is 5.69. The third-order valence-corrected chi connectivity index (χ3v) is 1.83. The SMILES string of the molecule is COCCCOc1cc(C)cc(N)c1. The second-order valence-electron chi connectivity index (χ2n) is 3.27. The van der Waals surface area contributed by atoms with Crippen LogP contribution < -0.4 is 10.5 Å². The molecule has 3 heteroatoms. The van der Waals surface area contributed by atoms with Crippen molar-refractivity contribution in [1.29, 1.82) is 0 Å². The molecule has 0 saturated carbocycles. The summed E-state index contributed by atoms with van der Waals surface area (Å²) in [5.74, 6) is 0.832. The van der Waals surface area contributed by atoms with Crippen molar-refractivity contribution < 1.29 is 9.47 Å². The minimum atomic E-state index is 0.663. The Kier molecular flexibility index (Phi) is 4.26. The normalized spacial score (nSPS) is 10.1. The Hall–Kier alpha value is -1.22. The van der Waals surface area contributed by atoms with Crippen LogP contribution in [0.2, 0.25) is 0 Å². The molecule has 14 heavy (non-hydrogen) atoms. The van der Waals surface area contributed by atoms with E-state index < -0.39 is 0 Å². The number of benzene rings is 1. The Morgan fingerprint density at radius 1 is 1.21 bits per heavy atom. The number of hydrogen-bond donors (Lipinski definition) is 1. The molecule has 1 rings (SSSR count). The molecule has 0 unspecified atom stereocenters. The fourth-order valence-corrected chi connectivity index (χ4v) is 1.25. The van der Waals surface area contributed by atoms with Crippen LogP contribution in [-0.2, 0) is 4.74 Å². The van der Waals surface area contributed by atoms with Crippen molar-refractivity contribution in [3.8, 4) is 5.75 Å². The maximum Gasteiger partial charge on any atom is 0.121 e. The highest BCUT2D eigenvalue weighted by molar-refractivity contribution is 5.47. The predicted molar refractivity (Wildman–Crippen MR) is 57.6 cm³/mol. The van der Waals surface area contributed by atoms with Crippen LogP contribution in [-0.4, -0.2) is 20.3 Å². The lowest BCUT2D eigenvalue weighted by atomic mass is 10.2. The van der Waals surface area contributed by atoms with Gasteiger partial charge in [0.1, 0.15) is 5.75 Å². The van der Waals surface area contributed by atoms with E-state index in [1.165, 1.54) is 0 Å². The van der Waals surface area contributed by atoms with Gasteiger partial charge < -0.3 is 15.2 Å². The van der Waals surface area contributed by atoms with Gasteiger partial charge in [-0.05, 0) is 24.6 Å². The highest BCUT2D eigenvalue weighted by atomic mass is 16.5. The Balaban J connectivity index is 2.42. The molecular formula is C11H17NO2. The maximum atomic E-state index is 5.69. The van der Waals surface area contributed by atoms with Crippen LogP contribution in [0.25, 0.3) is 0 Å². The Morgan fingerprint density at radius 3 is 2.64 bits per heavy atom. The molecule has 0 atom stereocenters. The van der Waals surface area contributed by atoms with E-state index in [0.29, 0.717) is 6.61 Å². The zero-order valence-corrected chi connectivity index (χ0v) is 8.75. The van der Waals surface area contributed by atoms with Crippen molar-refractivity contribution in [2.75, 3.05) is 26.1 Å². The molecular weight excluding hydrogens is 178 g/mol. The summed E-state index contributed by atoms with van der Waals surface area (Å²) in [5, 5.41) is 0. The van der Waals surface area contributed by atoms with Crippen LogP contribution in [0.3, 0.4) is 0 Å². The number of hydrogen-bond acceptors (Lipinski definition) is 3. The summed E-state index contributed by atoms with van der Waals surface area (Å²) >= 11 is 0. The van der Waals surface area contributed by atoms with E-state index in [4.69, 9.17) is 15.2 Å². The van der Waals surface area contributed by atoms with E-state index in [1.54, 1.807) is 7.11 Å². The van der Waals surface area contributed by atoms with Crippen LogP contribution in [0.15, 0.2) is 18.2 Å². The van der Waals surface area contributed by atoms with Crippen molar-refractivity contribution in [3.05, 3.63) is 23.8 Å². The van der Waals surface area contributed by atoms with Crippen LogP contribution in [0.1, 0.15) is 12.0 Å². The standard InChI is InChI=1S/C11H17NO2/c1-9-6-10(12)8-11(7-9)14-5-3-4-13-2/h6-8H,3-5,12H2,1-2H3. The highest BCUT2D eigenvalue weighted by Crippen LogP contribution is 2.18. The Bertz CT molecular complexity index is 266. The molecule has 2 N–H and O–H groups in total. The van der Waals surface area contributed by atoms with Crippen molar-refractivity contribution in [2.24, 2.45) is 0 Å². The third-order valence-electron chi connectivity index (χ3n) is 1.83. The number of aryl methyl sites for hydroxylation is 1. The first-order valence-corrected chi connectivity index (χ1v) is 4.71. The van der Waals surface area contributed by atoms with Crippen LogP contribution in [0.4, 0.5) is 5.69 Å². The van der Waals surface area contributed by atoms with Gasteiger partial charge in [-0.3, -0.25) is 0 Å². The van der Waals surface area contributed by atoms with Gasteiger partial charge in [-0.2, -0.15) is 0 Å². The number of rotatable bonds is 5. The predicted octanol–water partition coefficient (Wildman–Crippen LogP) is 1.99. The van der Waals surface area contributed by atoms with E-state index in [0.717, 1.165) is 30.0 Å². The van der Waals surface area contributed by atoms with Gasteiger partial charge in [-0.1, -0.05) is 0 Å². The van der Waals surface area contributed by atoms with Gasteiger partial charge >= 0.3 is 0 Å². The first kappa shape index (κ1) is 10.9. The number of anilines is 1. The molecule has 0 fully saturated rings. The van der Waals surface area contributed by atoms with E-state index in [9.17, 15) is 0 Å². The second-order valence-corrected chi connectivity index (χ2v) is 3.27. The van der Waals surface area contributed by atoms with Crippen LogP contribution >= 0.6 is 0 Å². The van der Waals surface area contributed by atoms with Crippen molar-refractivity contribution in [1.82, 2.24) is 0 Å². The van der Waals surface area contributed by atoms with E-state index in [-0.39, 0.29) is 0 Å². The number of ether oxygens (including phenoxy) is 2. The minimum absolute atomic E-state index is 0.663. The molecule has 0 amide bonds. The lowest BCUT2D eigenvalue weighted by Crippen LogP contribution is -2.01. The van der Waals surface area contributed by atoms with Gasteiger partial charge in [0.15, 0.2) is 0 Å². The number of methoxy groups -OCH3 is 1. The number of nitrogens with two attached hydrogens (primary N) is 1. The molecule has 0 radical (unpaired) electrons. The van der Waals surface area contributed by atoms with Crippen molar-refractivity contribution in [3.63, 3.8) is 0 Å². The van der Waals surface area contributed by atoms with E-state index >= 15 is 0 Å². The van der Waals surface area contributed by atoms with Crippen molar-refractivity contribution >= 4 is 5.69 Å². The molecule has 1 aromatic carbocycles. The lowest BCUT2D eigenvalue weighted by molar-refractivity contribution is 0.172. The minimum Gasteiger partial charge on any atom is -0.493 e. The highest BCUT2D eigenvalue weighted by Gasteiger charge is 1.96. The largest absolute Gasteiger partial charge is 0.493 e. The fourth-order valence-electron chi connectivity index (χ4n) is 1.25. The lowest BCUT2D eigenvalue weighted by Gasteiger charge is -2.07. The molecule has 0 aromatic heterocycles. The number of nitrogen functional groups attached to an aromatic ring is 1. The first-order chi connectivity index (χ1) is 6.72. The molecule has 0 aliphatic carbocycles. The van der Waals surface area contributed by atoms with E-state index in [1.807, 2.05) is 25.1 Å². The topological polar surface area (TPSA) is 44.5 Å². The quantitative estimate of drug-likeness (QED) is 0.577. The van der Waals surface area contributed by atoms with Gasteiger partial charge in [-0.15, -0.1) is 0 Å². The molecule has 0 saturated heterocycles. The van der Waals surface area contributed by atoms with Crippen LogP contribution in [0, 0.1) is 6.92 Å². The van der Waals surface area contributed by atoms with Gasteiger partial charge in [-0.25, -0.2) is 0 Å². The molecule has 0 bridgehead atoms. The Labute approximate surface area is 84.8 Å². The average Bonchev–Trinajstić information content (AvgIpc) is 2.11. The van der Waals surface area contributed by atoms with Gasteiger partial charge in [0.05, 0.1) is 6.61 Å². The van der Waals surface area contributed by atoms with Crippen molar-refractivity contribution in [2.45, 2.75) is 13.3 Å². The molecule has 0 aliphatic heterocycles. The summed E-state index contributed by atoms with van der Waals surface area (Å²) < 4.78 is 10.4. The molecule has 78 valence electrons. The molecule has 0 aliphatic rings. The fraction of sp³-hybridized carbons (Fsp3) is 0.455. The molecule has 3 nitrogen and oxygen atoms in total. The smallest absolute Gasteiger partial charge is 0.121 e. The zero-order valence-electron chi connectivity index (χ0n) is 8.75. The average molecular weight is 195 g/mol. The second kappa shape index (κ2) is 5.50. The Morgan fingerprint density at radius 2 is 2.00 bits per heavy atom.